The summed E-state index contributed by atoms with van der Waals surface area (Å²) in [5.41, 5.74) is -0.731. The number of thiophene rings is 2. The third-order valence-corrected chi connectivity index (χ3v) is 5.02. The molecular formula is C15H13N3O4S2. The average Bonchev–Trinajstić information content (AvgIpc) is 3.35. The summed E-state index contributed by atoms with van der Waals surface area (Å²) >= 11 is 2.81. The van der Waals surface area contributed by atoms with Crippen molar-refractivity contribution in [3.8, 4) is 0 Å². The maximum absolute atomic E-state index is 12.0. The summed E-state index contributed by atoms with van der Waals surface area (Å²) in [6.45, 7) is -0.130. The van der Waals surface area contributed by atoms with Crippen molar-refractivity contribution in [2.45, 2.75) is 5.60 Å². The van der Waals surface area contributed by atoms with Crippen LogP contribution >= 0.6 is 22.7 Å². The fraction of sp³-hybridized carbons (Fsp3) is 0.133. The Hall–Kier alpha value is -2.49. The third-order valence-electron chi connectivity index (χ3n) is 3.32. The van der Waals surface area contributed by atoms with Gasteiger partial charge in [-0.2, -0.15) is 11.3 Å². The van der Waals surface area contributed by atoms with Gasteiger partial charge in [-0.25, -0.2) is 0 Å². The highest BCUT2D eigenvalue weighted by atomic mass is 32.1. The van der Waals surface area contributed by atoms with E-state index in [9.17, 15) is 14.7 Å². The van der Waals surface area contributed by atoms with E-state index in [1.54, 1.807) is 17.5 Å². The molecule has 0 radical (unpaired) electrons. The summed E-state index contributed by atoms with van der Waals surface area (Å²) in [5, 5.41) is 24.8. The predicted octanol–water partition coefficient (Wildman–Crippen LogP) is 1.79. The smallest absolute Gasteiger partial charge is 0.314 e. The van der Waals surface area contributed by atoms with Crippen LogP contribution in [0.5, 0.6) is 0 Å². The van der Waals surface area contributed by atoms with Gasteiger partial charge in [-0.1, -0.05) is 11.2 Å². The lowest BCUT2D eigenvalue weighted by Crippen LogP contribution is -2.44. The summed E-state index contributed by atoms with van der Waals surface area (Å²) < 4.78 is 4.57. The molecule has 0 bridgehead atoms. The number of nitrogens with one attached hydrogen (secondary N) is 2. The molecule has 3 rings (SSSR count). The first kappa shape index (κ1) is 16.4. The van der Waals surface area contributed by atoms with E-state index in [1.165, 1.54) is 35.0 Å². The molecule has 3 N–H and O–H groups in total. The molecule has 0 aliphatic carbocycles. The van der Waals surface area contributed by atoms with Crippen molar-refractivity contribution in [3.05, 3.63) is 57.1 Å². The van der Waals surface area contributed by atoms with Crippen molar-refractivity contribution < 1.29 is 19.2 Å². The van der Waals surface area contributed by atoms with E-state index >= 15 is 0 Å². The molecule has 0 unspecified atom stereocenters. The lowest BCUT2D eigenvalue weighted by molar-refractivity contribution is -0.136. The molecule has 9 heteroatoms. The van der Waals surface area contributed by atoms with Crippen LogP contribution in [0, 0.1) is 0 Å². The zero-order valence-electron chi connectivity index (χ0n) is 12.3. The second-order valence-corrected chi connectivity index (χ2v) is 6.60. The first-order valence-corrected chi connectivity index (χ1v) is 8.70. The Labute approximate surface area is 144 Å². The van der Waals surface area contributed by atoms with Crippen molar-refractivity contribution in [2.24, 2.45) is 0 Å². The molecule has 0 saturated carbocycles. The molecule has 1 atom stereocenters. The quantitative estimate of drug-likeness (QED) is 0.600. The molecule has 7 nitrogen and oxygen atoms in total. The summed E-state index contributed by atoms with van der Waals surface area (Å²) in [6.07, 6.45) is 1.28. The molecule has 3 heterocycles. The first-order valence-electron chi connectivity index (χ1n) is 6.88. The second-order valence-electron chi connectivity index (χ2n) is 4.87. The number of carbonyl (C=O) groups excluding carboxylic acids is 2. The van der Waals surface area contributed by atoms with Gasteiger partial charge >= 0.3 is 11.8 Å². The van der Waals surface area contributed by atoms with E-state index in [0.29, 0.717) is 10.4 Å². The molecular weight excluding hydrogens is 350 g/mol. The van der Waals surface area contributed by atoms with Gasteiger partial charge in [0.15, 0.2) is 5.82 Å². The molecule has 3 aromatic heterocycles. The Morgan fingerprint density at radius 1 is 1.25 bits per heavy atom. The Bertz CT molecular complexity index is 764. The summed E-state index contributed by atoms with van der Waals surface area (Å²) in [4.78, 5) is 24.5. The predicted molar refractivity (Wildman–Crippen MR) is 89.8 cm³/mol. The van der Waals surface area contributed by atoms with Crippen LogP contribution in [0.25, 0.3) is 0 Å². The van der Waals surface area contributed by atoms with Gasteiger partial charge in [0.1, 0.15) is 11.9 Å². The average molecular weight is 363 g/mol. The fourth-order valence-electron chi connectivity index (χ4n) is 2.08. The second kappa shape index (κ2) is 6.95. The van der Waals surface area contributed by atoms with Crippen molar-refractivity contribution in [3.63, 3.8) is 0 Å². The van der Waals surface area contributed by atoms with E-state index < -0.39 is 17.4 Å². The highest BCUT2D eigenvalue weighted by Gasteiger charge is 2.34. The first-order chi connectivity index (χ1) is 11.6. The van der Waals surface area contributed by atoms with Crippen molar-refractivity contribution in [2.75, 3.05) is 11.9 Å². The number of rotatable bonds is 5. The van der Waals surface area contributed by atoms with Crippen LogP contribution in [-0.2, 0) is 15.2 Å². The van der Waals surface area contributed by atoms with Crippen LogP contribution in [-0.4, -0.2) is 28.6 Å². The van der Waals surface area contributed by atoms with Crippen LogP contribution in [0.15, 0.2) is 51.2 Å². The minimum Gasteiger partial charge on any atom is -0.378 e. The maximum atomic E-state index is 12.0. The number of hydrogen-bond donors (Lipinski definition) is 3. The topological polar surface area (TPSA) is 104 Å². The maximum Gasteiger partial charge on any atom is 0.314 e. The Balaban J connectivity index is 1.70. The van der Waals surface area contributed by atoms with Gasteiger partial charge in [0, 0.05) is 16.5 Å². The van der Waals surface area contributed by atoms with Crippen molar-refractivity contribution in [1.82, 2.24) is 10.5 Å². The number of aromatic nitrogens is 1. The van der Waals surface area contributed by atoms with Gasteiger partial charge in [0.25, 0.3) is 0 Å². The molecule has 3 aromatic rings. The van der Waals surface area contributed by atoms with Crippen LogP contribution in [0.4, 0.5) is 5.82 Å². The molecule has 0 aliphatic heterocycles. The molecule has 0 aromatic carbocycles. The summed E-state index contributed by atoms with van der Waals surface area (Å²) in [5.74, 6) is -1.62. The standard InChI is InChI=1S/C15H13N3O4S2/c19-13(14(20)17-12-3-5-22-18-12)16-9-15(21,10-4-7-23-8-10)11-2-1-6-24-11/h1-8,21H,9H2,(H,16,19)(H,17,18,20)/t15-/m0/s1. The van der Waals surface area contributed by atoms with E-state index in [0.717, 1.165) is 0 Å². The molecule has 2 amide bonds. The minimum atomic E-state index is -1.39. The lowest BCUT2D eigenvalue weighted by Gasteiger charge is -2.26. The molecule has 0 aliphatic rings. The van der Waals surface area contributed by atoms with E-state index in [1.807, 2.05) is 16.8 Å². The molecule has 24 heavy (non-hydrogen) atoms. The van der Waals surface area contributed by atoms with Crippen LogP contribution < -0.4 is 10.6 Å². The van der Waals surface area contributed by atoms with Gasteiger partial charge in [-0.05, 0) is 28.3 Å². The van der Waals surface area contributed by atoms with Gasteiger partial charge in [0.05, 0.1) is 6.54 Å². The van der Waals surface area contributed by atoms with Crippen LogP contribution in [0.1, 0.15) is 10.4 Å². The minimum absolute atomic E-state index is 0.130. The lowest BCUT2D eigenvalue weighted by atomic mass is 9.94. The zero-order chi connectivity index (χ0) is 17.0. The molecule has 0 fully saturated rings. The number of amides is 2. The molecule has 0 saturated heterocycles. The number of carbonyl (C=O) groups is 2. The van der Waals surface area contributed by atoms with Gasteiger partial charge in [-0.3, -0.25) is 14.9 Å². The largest absolute Gasteiger partial charge is 0.378 e. The third kappa shape index (κ3) is 3.37. The summed E-state index contributed by atoms with van der Waals surface area (Å²) in [7, 11) is 0. The monoisotopic (exact) mass is 363 g/mol. The Morgan fingerprint density at radius 2 is 2.12 bits per heavy atom. The highest BCUT2D eigenvalue weighted by molar-refractivity contribution is 7.10. The Morgan fingerprint density at radius 3 is 2.75 bits per heavy atom. The van der Waals surface area contributed by atoms with Gasteiger partial charge in [-0.15, -0.1) is 11.3 Å². The molecule has 0 spiro atoms. The molecule has 124 valence electrons. The highest BCUT2D eigenvalue weighted by Crippen LogP contribution is 2.33. The normalized spacial score (nSPS) is 13.2. The number of hydrogen-bond acceptors (Lipinski definition) is 7. The summed E-state index contributed by atoms with van der Waals surface area (Å²) in [6, 6.07) is 6.80. The van der Waals surface area contributed by atoms with Crippen LogP contribution in [0.3, 0.4) is 0 Å². The van der Waals surface area contributed by atoms with E-state index in [-0.39, 0.29) is 12.4 Å². The fourth-order valence-corrected chi connectivity index (χ4v) is 3.65. The SMILES string of the molecule is O=C(NC[C@](O)(c1ccsc1)c1cccs1)C(=O)Nc1ccon1. The number of nitrogens with zero attached hydrogens (tertiary/aromatic N) is 1. The van der Waals surface area contributed by atoms with Crippen molar-refractivity contribution >= 4 is 40.3 Å². The zero-order valence-corrected chi connectivity index (χ0v) is 13.9. The number of anilines is 1. The van der Waals surface area contributed by atoms with Gasteiger partial charge < -0.3 is 14.9 Å². The van der Waals surface area contributed by atoms with Crippen LogP contribution in [0.2, 0.25) is 0 Å². The Kier molecular flexibility index (Phi) is 4.74. The van der Waals surface area contributed by atoms with Gasteiger partial charge in [0.2, 0.25) is 0 Å². The number of aliphatic hydroxyl groups is 1. The van der Waals surface area contributed by atoms with Crippen molar-refractivity contribution in [1.29, 1.82) is 0 Å². The van der Waals surface area contributed by atoms with E-state index in [2.05, 4.69) is 20.3 Å². The van der Waals surface area contributed by atoms with E-state index in [4.69, 9.17) is 0 Å².